The van der Waals surface area contributed by atoms with Gasteiger partial charge in [0, 0.05) is 6.07 Å². The molecule has 7 heteroatoms. The van der Waals surface area contributed by atoms with Crippen LogP contribution >= 0.6 is 0 Å². The molecular weight excluding hydrogens is 244 g/mol. The summed E-state index contributed by atoms with van der Waals surface area (Å²) in [6, 6.07) is 1.30. The fraction of sp³-hybridized carbons (Fsp3) is 0.300. The van der Waals surface area contributed by atoms with E-state index in [1.54, 1.807) is 0 Å². The Kier molecular flexibility index (Phi) is 3.15. The molecular formula is C10H8F4O3. The fourth-order valence-corrected chi connectivity index (χ4v) is 1.22. The van der Waals surface area contributed by atoms with Gasteiger partial charge >= 0.3 is 11.9 Å². The number of hydrogen-bond donors (Lipinski definition) is 2. The van der Waals surface area contributed by atoms with Crippen molar-refractivity contribution in [3.63, 3.8) is 0 Å². The third-order valence-corrected chi connectivity index (χ3v) is 2.30. The van der Waals surface area contributed by atoms with Crippen LogP contribution in [0, 0.1) is 11.6 Å². The second-order valence-electron chi connectivity index (χ2n) is 3.61. The predicted molar refractivity (Wildman–Crippen MR) is 48.5 cm³/mol. The molecule has 2 N–H and O–H groups in total. The molecule has 0 aromatic heterocycles. The lowest BCUT2D eigenvalue weighted by atomic mass is 9.89. The molecule has 0 spiro atoms. The van der Waals surface area contributed by atoms with Gasteiger partial charge in [0.05, 0.1) is 0 Å². The van der Waals surface area contributed by atoms with Crippen LogP contribution in [0.5, 0.6) is 0 Å². The zero-order chi connectivity index (χ0) is 13.4. The summed E-state index contributed by atoms with van der Waals surface area (Å²) in [6.07, 6.45) is 0. The van der Waals surface area contributed by atoms with Gasteiger partial charge in [-0.3, -0.25) is 0 Å². The van der Waals surface area contributed by atoms with Gasteiger partial charge in [-0.05, 0) is 24.6 Å². The fourth-order valence-electron chi connectivity index (χ4n) is 1.22. The first-order chi connectivity index (χ1) is 7.59. The van der Waals surface area contributed by atoms with Crippen molar-refractivity contribution in [1.82, 2.24) is 0 Å². The molecule has 1 aromatic carbocycles. The number of aliphatic carboxylic acids is 1. The van der Waals surface area contributed by atoms with Crippen molar-refractivity contribution in [3.8, 4) is 0 Å². The zero-order valence-electron chi connectivity index (χ0n) is 8.55. The third kappa shape index (κ3) is 2.23. The number of benzene rings is 1. The van der Waals surface area contributed by atoms with Crippen LogP contribution in [0.3, 0.4) is 0 Å². The molecule has 0 saturated carbocycles. The van der Waals surface area contributed by atoms with Gasteiger partial charge in [0.2, 0.25) is 0 Å². The number of carbonyl (C=O) groups is 1. The SMILES string of the molecule is CC(O)(c1cc(F)cc(F)c1)C(F)(F)C(=O)O. The van der Waals surface area contributed by atoms with E-state index in [4.69, 9.17) is 5.11 Å². The number of rotatable bonds is 3. The molecule has 94 valence electrons. The molecule has 0 aliphatic rings. The molecule has 0 aliphatic carbocycles. The average Bonchev–Trinajstić information content (AvgIpc) is 2.15. The van der Waals surface area contributed by atoms with E-state index in [-0.39, 0.29) is 0 Å². The second-order valence-corrected chi connectivity index (χ2v) is 3.61. The van der Waals surface area contributed by atoms with Crippen molar-refractivity contribution < 1.29 is 32.6 Å². The lowest BCUT2D eigenvalue weighted by Crippen LogP contribution is -2.48. The first-order valence-corrected chi connectivity index (χ1v) is 4.39. The van der Waals surface area contributed by atoms with Crippen LogP contribution in [-0.4, -0.2) is 22.1 Å². The Bertz CT molecular complexity index is 437. The van der Waals surface area contributed by atoms with Crippen molar-refractivity contribution in [2.24, 2.45) is 0 Å². The van der Waals surface area contributed by atoms with Crippen LogP contribution in [-0.2, 0) is 10.4 Å². The highest BCUT2D eigenvalue weighted by Gasteiger charge is 2.57. The molecule has 1 aromatic rings. The maximum Gasteiger partial charge on any atom is 0.378 e. The smallest absolute Gasteiger partial charge is 0.378 e. The molecule has 0 saturated heterocycles. The summed E-state index contributed by atoms with van der Waals surface area (Å²) in [6.45, 7) is 0.468. The second kappa shape index (κ2) is 3.99. The van der Waals surface area contributed by atoms with Crippen LogP contribution in [0.4, 0.5) is 17.6 Å². The molecule has 3 nitrogen and oxygen atoms in total. The summed E-state index contributed by atoms with van der Waals surface area (Å²) in [5.41, 5.74) is -4.08. The maximum atomic E-state index is 13.2. The lowest BCUT2D eigenvalue weighted by molar-refractivity contribution is -0.207. The van der Waals surface area contributed by atoms with Gasteiger partial charge < -0.3 is 10.2 Å². The Labute approximate surface area is 93.3 Å². The van der Waals surface area contributed by atoms with E-state index in [1.165, 1.54) is 0 Å². The van der Waals surface area contributed by atoms with E-state index in [0.29, 0.717) is 25.1 Å². The van der Waals surface area contributed by atoms with E-state index in [2.05, 4.69) is 0 Å². The summed E-state index contributed by atoms with van der Waals surface area (Å²) in [5.74, 6) is -9.55. The normalized spacial score (nSPS) is 15.4. The van der Waals surface area contributed by atoms with E-state index < -0.39 is 34.7 Å². The monoisotopic (exact) mass is 252 g/mol. The minimum atomic E-state index is -4.58. The zero-order valence-corrected chi connectivity index (χ0v) is 8.55. The number of alkyl halides is 2. The Morgan fingerprint density at radius 1 is 1.18 bits per heavy atom. The van der Waals surface area contributed by atoms with Crippen molar-refractivity contribution in [2.45, 2.75) is 18.4 Å². The highest BCUT2D eigenvalue weighted by molar-refractivity contribution is 5.77. The summed E-state index contributed by atoms with van der Waals surface area (Å²) in [5, 5.41) is 17.7. The summed E-state index contributed by atoms with van der Waals surface area (Å²) in [7, 11) is 0. The molecule has 0 bridgehead atoms. The van der Waals surface area contributed by atoms with E-state index in [9.17, 15) is 27.5 Å². The van der Waals surface area contributed by atoms with Crippen molar-refractivity contribution >= 4 is 5.97 Å². The predicted octanol–water partition coefficient (Wildman–Crippen LogP) is 1.89. The molecule has 0 amide bonds. The van der Waals surface area contributed by atoms with E-state index in [1.807, 2.05) is 0 Å². The quantitative estimate of drug-likeness (QED) is 0.808. The van der Waals surface area contributed by atoms with Gasteiger partial charge in [-0.1, -0.05) is 0 Å². The van der Waals surface area contributed by atoms with Gasteiger partial charge in [0.25, 0.3) is 0 Å². The van der Waals surface area contributed by atoms with Crippen LogP contribution in [0.1, 0.15) is 12.5 Å². The van der Waals surface area contributed by atoms with Gasteiger partial charge in [0.1, 0.15) is 11.6 Å². The minimum Gasteiger partial charge on any atom is -0.477 e. The summed E-state index contributed by atoms with van der Waals surface area (Å²) < 4.78 is 52.0. The van der Waals surface area contributed by atoms with Crippen molar-refractivity contribution in [1.29, 1.82) is 0 Å². The maximum absolute atomic E-state index is 13.2. The van der Waals surface area contributed by atoms with Crippen LogP contribution in [0.25, 0.3) is 0 Å². The lowest BCUT2D eigenvalue weighted by Gasteiger charge is -2.29. The average molecular weight is 252 g/mol. The Morgan fingerprint density at radius 2 is 1.59 bits per heavy atom. The van der Waals surface area contributed by atoms with Crippen molar-refractivity contribution in [2.75, 3.05) is 0 Å². The third-order valence-electron chi connectivity index (χ3n) is 2.30. The highest BCUT2D eigenvalue weighted by Crippen LogP contribution is 2.38. The first kappa shape index (κ1) is 13.4. The topological polar surface area (TPSA) is 57.5 Å². The summed E-state index contributed by atoms with van der Waals surface area (Å²) in [4.78, 5) is 10.3. The number of carboxylic acid groups (broad SMARTS) is 1. The van der Waals surface area contributed by atoms with Gasteiger partial charge in [0.15, 0.2) is 5.60 Å². The van der Waals surface area contributed by atoms with E-state index in [0.717, 1.165) is 0 Å². The molecule has 0 radical (unpaired) electrons. The largest absolute Gasteiger partial charge is 0.477 e. The first-order valence-electron chi connectivity index (χ1n) is 4.39. The molecule has 17 heavy (non-hydrogen) atoms. The van der Waals surface area contributed by atoms with Crippen molar-refractivity contribution in [3.05, 3.63) is 35.4 Å². The molecule has 1 atom stereocenters. The number of hydrogen-bond acceptors (Lipinski definition) is 2. The Hall–Kier alpha value is -1.63. The number of halogens is 4. The molecule has 1 unspecified atom stereocenters. The van der Waals surface area contributed by atoms with Gasteiger partial charge in [-0.2, -0.15) is 8.78 Å². The van der Waals surface area contributed by atoms with Crippen LogP contribution < -0.4 is 0 Å². The minimum absolute atomic E-state index is 0.415. The molecule has 0 aliphatic heterocycles. The Morgan fingerprint density at radius 3 is 1.94 bits per heavy atom. The number of carboxylic acids is 1. The highest BCUT2D eigenvalue weighted by atomic mass is 19.3. The molecule has 1 rings (SSSR count). The molecule has 0 heterocycles. The van der Waals surface area contributed by atoms with Gasteiger partial charge in [-0.15, -0.1) is 0 Å². The van der Waals surface area contributed by atoms with E-state index >= 15 is 0 Å². The standard InChI is InChI=1S/C10H8F4O3/c1-9(17,10(13,14)8(15)16)5-2-6(11)4-7(12)3-5/h2-4,17H,1H3,(H,15,16). The number of aliphatic hydroxyl groups is 1. The Balaban J connectivity index is 3.35. The van der Waals surface area contributed by atoms with Crippen LogP contribution in [0.2, 0.25) is 0 Å². The summed E-state index contributed by atoms with van der Waals surface area (Å²) >= 11 is 0. The molecule has 0 fully saturated rings. The van der Waals surface area contributed by atoms with Gasteiger partial charge in [-0.25, -0.2) is 13.6 Å². The van der Waals surface area contributed by atoms with Crippen LogP contribution in [0.15, 0.2) is 18.2 Å².